The average molecular weight is 249 g/mol. The Kier molecular flexibility index (Phi) is 3.66. The molecule has 17 heavy (non-hydrogen) atoms. The van der Waals surface area contributed by atoms with Gasteiger partial charge >= 0.3 is 0 Å². The van der Waals surface area contributed by atoms with Crippen LogP contribution in [0.1, 0.15) is 11.1 Å². The van der Waals surface area contributed by atoms with Crippen LogP contribution in [0.3, 0.4) is 0 Å². The zero-order chi connectivity index (χ0) is 12.1. The van der Waals surface area contributed by atoms with Gasteiger partial charge in [0.15, 0.2) is 5.84 Å². The van der Waals surface area contributed by atoms with E-state index in [1.807, 2.05) is 18.2 Å². The third kappa shape index (κ3) is 2.79. The maximum atomic E-state index is 8.69. The van der Waals surface area contributed by atoms with Crippen LogP contribution in [0.5, 0.6) is 0 Å². The second kappa shape index (κ2) is 5.40. The van der Waals surface area contributed by atoms with Crippen molar-refractivity contribution in [1.82, 2.24) is 4.98 Å². The smallest absolute Gasteiger partial charge is 0.255 e. The Bertz CT molecular complexity index is 511. The molecule has 0 fully saturated rings. The Morgan fingerprint density at radius 3 is 3.00 bits per heavy atom. The number of benzene rings is 1. The predicted octanol–water partition coefficient (Wildman–Crippen LogP) is 2.06. The monoisotopic (exact) mass is 249 g/mol. The first kappa shape index (κ1) is 11.5. The molecule has 2 rings (SSSR count). The van der Waals surface area contributed by atoms with Gasteiger partial charge in [-0.15, -0.1) is 0 Å². The minimum absolute atomic E-state index is 0.105. The molecule has 6 heteroatoms. The fourth-order valence-corrected chi connectivity index (χ4v) is 2.16. The molecule has 0 atom stereocenters. The number of oxazole rings is 1. The first-order chi connectivity index (χ1) is 8.31. The molecule has 0 amide bonds. The number of amidine groups is 1. The number of hydrogen-bond acceptors (Lipinski definition) is 5. The van der Waals surface area contributed by atoms with E-state index in [0.29, 0.717) is 16.5 Å². The van der Waals surface area contributed by atoms with Crippen LogP contribution >= 0.6 is 11.8 Å². The Labute approximate surface area is 102 Å². The fourth-order valence-electron chi connectivity index (χ4n) is 1.37. The molecule has 0 saturated heterocycles. The number of aromatic nitrogens is 1. The van der Waals surface area contributed by atoms with Crippen LogP contribution in [0.2, 0.25) is 0 Å². The lowest BCUT2D eigenvalue weighted by Crippen LogP contribution is -2.15. The molecule has 0 unspecified atom stereocenters. The van der Waals surface area contributed by atoms with Crippen LogP contribution < -0.4 is 5.73 Å². The molecule has 0 aliphatic heterocycles. The molecule has 0 spiro atoms. The minimum Gasteiger partial charge on any atom is -0.440 e. The molecule has 0 saturated carbocycles. The summed E-state index contributed by atoms with van der Waals surface area (Å²) in [7, 11) is 0. The van der Waals surface area contributed by atoms with E-state index in [0.717, 1.165) is 5.56 Å². The predicted molar refractivity (Wildman–Crippen MR) is 65.0 cm³/mol. The van der Waals surface area contributed by atoms with E-state index in [9.17, 15) is 0 Å². The first-order valence-electron chi connectivity index (χ1n) is 4.89. The molecule has 88 valence electrons. The lowest BCUT2D eigenvalue weighted by molar-refractivity contribution is 0.318. The summed E-state index contributed by atoms with van der Waals surface area (Å²) in [6.07, 6.45) is 3.12. The molecule has 2 aromatic rings. The minimum atomic E-state index is 0.105. The maximum Gasteiger partial charge on any atom is 0.255 e. The van der Waals surface area contributed by atoms with Gasteiger partial charge < -0.3 is 15.4 Å². The summed E-state index contributed by atoms with van der Waals surface area (Å²) < 4.78 is 5.12. The van der Waals surface area contributed by atoms with Gasteiger partial charge in [-0.25, -0.2) is 4.98 Å². The molecule has 0 bridgehead atoms. The highest BCUT2D eigenvalue weighted by atomic mass is 32.2. The van der Waals surface area contributed by atoms with E-state index in [-0.39, 0.29) is 5.84 Å². The van der Waals surface area contributed by atoms with E-state index in [1.165, 1.54) is 18.0 Å². The van der Waals surface area contributed by atoms with Crippen LogP contribution in [0.25, 0.3) is 0 Å². The lowest BCUT2D eigenvalue weighted by Gasteiger charge is -2.06. The summed E-state index contributed by atoms with van der Waals surface area (Å²) in [5, 5.41) is 12.3. The van der Waals surface area contributed by atoms with Crippen LogP contribution in [0.4, 0.5) is 0 Å². The number of rotatable bonds is 4. The zero-order valence-corrected chi connectivity index (χ0v) is 9.72. The van der Waals surface area contributed by atoms with Gasteiger partial charge in [0, 0.05) is 11.3 Å². The maximum absolute atomic E-state index is 8.69. The molecule has 1 heterocycles. The highest BCUT2D eigenvalue weighted by Gasteiger charge is 2.07. The van der Waals surface area contributed by atoms with Gasteiger partial charge in [-0.1, -0.05) is 41.2 Å². The first-order valence-corrected chi connectivity index (χ1v) is 5.88. The third-order valence-electron chi connectivity index (χ3n) is 2.16. The standard InChI is InChI=1S/C11H11N3O2S/c12-10(14-15)9-4-2-1-3-8(9)7-17-11-13-5-6-16-11/h1-6,15H,7H2,(H2,12,14). The van der Waals surface area contributed by atoms with Gasteiger partial charge in [-0.2, -0.15) is 0 Å². The molecule has 3 N–H and O–H groups in total. The van der Waals surface area contributed by atoms with Gasteiger partial charge in [-0.05, 0) is 5.56 Å². The largest absolute Gasteiger partial charge is 0.440 e. The van der Waals surface area contributed by atoms with Crippen molar-refractivity contribution in [2.75, 3.05) is 0 Å². The summed E-state index contributed by atoms with van der Waals surface area (Å²) >= 11 is 1.45. The molecule has 0 radical (unpaired) electrons. The van der Waals surface area contributed by atoms with Crippen LogP contribution in [-0.2, 0) is 5.75 Å². The fraction of sp³-hybridized carbons (Fsp3) is 0.0909. The highest BCUT2D eigenvalue weighted by molar-refractivity contribution is 7.98. The molecule has 0 aliphatic rings. The number of thioether (sulfide) groups is 1. The van der Waals surface area contributed by atoms with Gasteiger partial charge in [0.2, 0.25) is 0 Å². The van der Waals surface area contributed by atoms with Crippen LogP contribution in [0, 0.1) is 0 Å². The topological polar surface area (TPSA) is 84.6 Å². The van der Waals surface area contributed by atoms with Crippen molar-refractivity contribution in [3.8, 4) is 0 Å². The number of oxime groups is 1. The zero-order valence-electron chi connectivity index (χ0n) is 8.91. The van der Waals surface area contributed by atoms with Crippen molar-refractivity contribution in [1.29, 1.82) is 0 Å². The second-order valence-corrected chi connectivity index (χ2v) is 4.16. The van der Waals surface area contributed by atoms with Crippen molar-refractivity contribution >= 4 is 17.6 Å². The quantitative estimate of drug-likeness (QED) is 0.285. The highest BCUT2D eigenvalue weighted by Crippen LogP contribution is 2.22. The average Bonchev–Trinajstić information content (AvgIpc) is 2.89. The number of nitrogens with two attached hydrogens (primary N) is 1. The van der Waals surface area contributed by atoms with Gasteiger partial charge in [-0.3, -0.25) is 0 Å². The second-order valence-electron chi connectivity index (χ2n) is 3.23. The van der Waals surface area contributed by atoms with E-state index >= 15 is 0 Å². The van der Waals surface area contributed by atoms with E-state index in [1.54, 1.807) is 12.3 Å². The number of hydrogen-bond donors (Lipinski definition) is 2. The van der Waals surface area contributed by atoms with E-state index in [4.69, 9.17) is 15.4 Å². The molecule has 1 aromatic carbocycles. The molecule has 5 nitrogen and oxygen atoms in total. The van der Waals surface area contributed by atoms with E-state index < -0.39 is 0 Å². The number of nitrogens with zero attached hydrogens (tertiary/aromatic N) is 2. The normalized spacial score (nSPS) is 11.6. The van der Waals surface area contributed by atoms with Crippen molar-refractivity contribution in [3.05, 3.63) is 47.9 Å². The van der Waals surface area contributed by atoms with Crippen molar-refractivity contribution in [2.45, 2.75) is 11.0 Å². The Morgan fingerprint density at radius 2 is 2.29 bits per heavy atom. The lowest BCUT2D eigenvalue weighted by atomic mass is 10.1. The summed E-state index contributed by atoms with van der Waals surface area (Å²) in [6, 6.07) is 7.47. The summed E-state index contributed by atoms with van der Waals surface area (Å²) in [4.78, 5) is 4.01. The molecular weight excluding hydrogens is 238 g/mol. The summed E-state index contributed by atoms with van der Waals surface area (Å²) in [5.41, 5.74) is 7.28. The van der Waals surface area contributed by atoms with E-state index in [2.05, 4.69) is 10.1 Å². The summed E-state index contributed by atoms with van der Waals surface area (Å²) in [5.74, 6) is 0.751. The molecular formula is C11H11N3O2S. The summed E-state index contributed by atoms with van der Waals surface area (Å²) in [6.45, 7) is 0. The third-order valence-corrected chi connectivity index (χ3v) is 3.07. The van der Waals surface area contributed by atoms with Crippen LogP contribution in [-0.4, -0.2) is 16.0 Å². The molecule has 0 aliphatic carbocycles. The van der Waals surface area contributed by atoms with Crippen molar-refractivity contribution < 1.29 is 9.62 Å². The van der Waals surface area contributed by atoms with Gasteiger partial charge in [0.1, 0.15) is 6.26 Å². The SMILES string of the molecule is N/C(=N/O)c1ccccc1CSc1ncco1. The van der Waals surface area contributed by atoms with Gasteiger partial charge in [0.05, 0.1) is 6.20 Å². The van der Waals surface area contributed by atoms with Crippen molar-refractivity contribution in [3.63, 3.8) is 0 Å². The van der Waals surface area contributed by atoms with Gasteiger partial charge in [0.25, 0.3) is 5.22 Å². The Morgan fingerprint density at radius 1 is 1.47 bits per heavy atom. The Balaban J connectivity index is 2.15. The van der Waals surface area contributed by atoms with Crippen LogP contribution in [0.15, 0.2) is 51.5 Å². The van der Waals surface area contributed by atoms with Crippen molar-refractivity contribution in [2.24, 2.45) is 10.9 Å². The molecule has 1 aromatic heterocycles. The Hall–Kier alpha value is -1.95.